The topological polar surface area (TPSA) is 61.0 Å². The van der Waals surface area contributed by atoms with E-state index in [1.807, 2.05) is 18.4 Å². The number of methoxy groups -OCH3 is 1. The molecule has 0 fully saturated rings. The van der Waals surface area contributed by atoms with Gasteiger partial charge in [-0.05, 0) is 18.4 Å². The number of ether oxygens (including phenoxy) is 1. The molecule has 2 rings (SSSR count). The molecule has 16 heavy (non-hydrogen) atoms. The first kappa shape index (κ1) is 11.6. The van der Waals surface area contributed by atoms with E-state index in [0.29, 0.717) is 5.82 Å². The average Bonchev–Trinajstić information content (AvgIpc) is 2.74. The number of thiophene rings is 1. The monoisotopic (exact) mass is 255 g/mol. The number of anilines is 1. The average molecular weight is 255 g/mol. The first-order chi connectivity index (χ1) is 7.70. The number of aromatic nitrogens is 2. The first-order valence-electron chi connectivity index (χ1n) is 4.87. The summed E-state index contributed by atoms with van der Waals surface area (Å²) < 4.78 is 5.17. The van der Waals surface area contributed by atoms with Crippen LogP contribution < -0.4 is 5.73 Å². The number of nitrogens with two attached hydrogens (primary N) is 1. The third-order valence-corrected chi connectivity index (χ3v) is 4.07. The highest BCUT2D eigenvalue weighted by Gasteiger charge is 2.08. The summed E-state index contributed by atoms with van der Waals surface area (Å²) in [5.74, 6) is 1.38. The minimum absolute atomic E-state index is 0.189. The zero-order valence-electron chi connectivity index (χ0n) is 9.14. The van der Waals surface area contributed by atoms with Crippen LogP contribution in [0.1, 0.15) is 6.92 Å². The van der Waals surface area contributed by atoms with Gasteiger partial charge in [0.05, 0.1) is 11.5 Å². The summed E-state index contributed by atoms with van der Waals surface area (Å²) in [6, 6.07) is 1.95. The van der Waals surface area contributed by atoms with Crippen LogP contribution in [0.5, 0.6) is 0 Å². The highest BCUT2D eigenvalue weighted by Crippen LogP contribution is 2.26. The highest BCUT2D eigenvalue weighted by atomic mass is 32.2. The van der Waals surface area contributed by atoms with Gasteiger partial charge in [0.2, 0.25) is 0 Å². The smallest absolute Gasteiger partial charge is 0.190 e. The molecule has 1 atom stereocenters. The van der Waals surface area contributed by atoms with Crippen molar-refractivity contribution in [3.63, 3.8) is 0 Å². The zero-order chi connectivity index (χ0) is 11.5. The number of nitrogen functional groups attached to an aromatic ring is 1. The van der Waals surface area contributed by atoms with E-state index in [1.54, 1.807) is 30.2 Å². The van der Waals surface area contributed by atoms with Crippen LogP contribution in [-0.2, 0) is 4.74 Å². The Kier molecular flexibility index (Phi) is 3.63. The minimum Gasteiger partial charge on any atom is -0.383 e. The van der Waals surface area contributed by atoms with E-state index in [-0.39, 0.29) is 6.10 Å². The van der Waals surface area contributed by atoms with E-state index < -0.39 is 0 Å². The molecular formula is C10H13N3OS2. The van der Waals surface area contributed by atoms with Gasteiger partial charge in [-0.25, -0.2) is 9.97 Å². The molecule has 6 heteroatoms. The zero-order valence-corrected chi connectivity index (χ0v) is 10.8. The lowest BCUT2D eigenvalue weighted by Crippen LogP contribution is -2.08. The second kappa shape index (κ2) is 4.99. The number of nitrogens with zero attached hydrogens (tertiary/aromatic N) is 2. The molecule has 0 spiro atoms. The number of hydrogen-bond donors (Lipinski definition) is 1. The summed E-state index contributed by atoms with van der Waals surface area (Å²) in [7, 11) is 1.70. The predicted molar refractivity (Wildman–Crippen MR) is 69.0 cm³/mol. The number of thioether (sulfide) groups is 1. The summed E-state index contributed by atoms with van der Waals surface area (Å²) in [6.07, 6.45) is 0.189. The van der Waals surface area contributed by atoms with Crippen LogP contribution in [0, 0.1) is 0 Å². The fraction of sp³-hybridized carbons (Fsp3) is 0.400. The molecule has 0 saturated carbocycles. The van der Waals surface area contributed by atoms with E-state index in [4.69, 9.17) is 10.5 Å². The van der Waals surface area contributed by atoms with Gasteiger partial charge < -0.3 is 10.5 Å². The second-order valence-corrected chi connectivity index (χ2v) is 5.27. The van der Waals surface area contributed by atoms with Crippen LogP contribution in [0.2, 0.25) is 0 Å². The van der Waals surface area contributed by atoms with Crippen molar-refractivity contribution in [2.24, 2.45) is 0 Å². The molecule has 0 amide bonds. The van der Waals surface area contributed by atoms with Gasteiger partial charge >= 0.3 is 0 Å². The maximum Gasteiger partial charge on any atom is 0.190 e. The Balaban J connectivity index is 2.18. The summed E-state index contributed by atoms with van der Waals surface area (Å²) in [6.45, 7) is 2.01. The van der Waals surface area contributed by atoms with Gasteiger partial charge in [0.15, 0.2) is 5.16 Å². The van der Waals surface area contributed by atoms with Crippen LogP contribution in [0.3, 0.4) is 0 Å². The lowest BCUT2D eigenvalue weighted by atomic mass is 10.4. The van der Waals surface area contributed by atoms with Crippen LogP contribution in [0.4, 0.5) is 5.82 Å². The molecule has 0 aliphatic rings. The predicted octanol–water partition coefficient (Wildman–Crippen LogP) is 2.40. The third kappa shape index (κ3) is 2.45. The number of fused-ring (bicyclic) bond motifs is 1. The molecule has 0 aliphatic heterocycles. The summed E-state index contributed by atoms with van der Waals surface area (Å²) >= 11 is 3.14. The molecular weight excluding hydrogens is 242 g/mol. The molecule has 0 saturated heterocycles. The Morgan fingerprint density at radius 1 is 1.56 bits per heavy atom. The first-order valence-corrected chi connectivity index (χ1v) is 6.73. The molecule has 0 aliphatic carbocycles. The molecule has 1 unspecified atom stereocenters. The summed E-state index contributed by atoms with van der Waals surface area (Å²) in [5, 5.41) is 3.63. The molecule has 4 nitrogen and oxygen atoms in total. The highest BCUT2D eigenvalue weighted by molar-refractivity contribution is 7.99. The van der Waals surface area contributed by atoms with Crippen molar-refractivity contribution < 1.29 is 4.74 Å². The van der Waals surface area contributed by atoms with Gasteiger partial charge in [0.1, 0.15) is 10.6 Å². The quantitative estimate of drug-likeness (QED) is 0.671. The normalized spacial score (nSPS) is 13.1. The molecule has 2 aromatic heterocycles. The molecule has 2 heterocycles. The number of hydrogen-bond acceptors (Lipinski definition) is 6. The SMILES string of the molecule is COC(C)CSc1nc(N)c2ccsc2n1. The van der Waals surface area contributed by atoms with Gasteiger partial charge in [-0.1, -0.05) is 11.8 Å². The lowest BCUT2D eigenvalue weighted by molar-refractivity contribution is 0.138. The van der Waals surface area contributed by atoms with Crippen LogP contribution in [0.25, 0.3) is 10.2 Å². The third-order valence-electron chi connectivity index (χ3n) is 2.18. The van der Waals surface area contributed by atoms with E-state index in [0.717, 1.165) is 21.1 Å². The summed E-state index contributed by atoms with van der Waals surface area (Å²) in [5.41, 5.74) is 5.85. The van der Waals surface area contributed by atoms with Crippen molar-refractivity contribution >= 4 is 39.1 Å². The van der Waals surface area contributed by atoms with Gasteiger partial charge in [-0.2, -0.15) is 0 Å². The maximum absolute atomic E-state index is 5.85. The van der Waals surface area contributed by atoms with Crippen molar-refractivity contribution in [3.05, 3.63) is 11.4 Å². The van der Waals surface area contributed by atoms with Gasteiger partial charge in [0.25, 0.3) is 0 Å². The fourth-order valence-electron chi connectivity index (χ4n) is 1.18. The Hall–Kier alpha value is -0.850. The van der Waals surface area contributed by atoms with Crippen LogP contribution >= 0.6 is 23.1 Å². The molecule has 0 radical (unpaired) electrons. The van der Waals surface area contributed by atoms with Gasteiger partial charge in [0, 0.05) is 12.9 Å². The lowest BCUT2D eigenvalue weighted by Gasteiger charge is -2.07. The van der Waals surface area contributed by atoms with E-state index in [2.05, 4.69) is 9.97 Å². The molecule has 86 valence electrons. The van der Waals surface area contributed by atoms with Crippen molar-refractivity contribution in [1.29, 1.82) is 0 Å². The van der Waals surface area contributed by atoms with Crippen molar-refractivity contribution in [2.75, 3.05) is 18.6 Å². The second-order valence-electron chi connectivity index (χ2n) is 3.39. The summed E-state index contributed by atoms with van der Waals surface area (Å²) in [4.78, 5) is 9.64. The Labute approximate surface area is 102 Å². The Bertz CT molecular complexity index is 486. The largest absolute Gasteiger partial charge is 0.383 e. The molecule has 0 bridgehead atoms. The van der Waals surface area contributed by atoms with Crippen molar-refractivity contribution in [3.8, 4) is 0 Å². The standard InChI is InChI=1S/C10H13N3OS2/c1-6(14-2)5-16-10-12-8(11)7-3-4-15-9(7)13-10/h3-4,6H,5H2,1-2H3,(H2,11,12,13). The maximum atomic E-state index is 5.85. The molecule has 0 aromatic carbocycles. The van der Waals surface area contributed by atoms with E-state index >= 15 is 0 Å². The minimum atomic E-state index is 0.189. The van der Waals surface area contributed by atoms with Gasteiger partial charge in [-0.15, -0.1) is 11.3 Å². The van der Waals surface area contributed by atoms with Gasteiger partial charge in [-0.3, -0.25) is 0 Å². The Morgan fingerprint density at radius 3 is 3.12 bits per heavy atom. The Morgan fingerprint density at radius 2 is 2.38 bits per heavy atom. The van der Waals surface area contributed by atoms with Crippen LogP contribution in [0.15, 0.2) is 16.6 Å². The van der Waals surface area contributed by atoms with E-state index in [1.165, 1.54) is 0 Å². The van der Waals surface area contributed by atoms with E-state index in [9.17, 15) is 0 Å². The van der Waals surface area contributed by atoms with Crippen molar-refractivity contribution in [2.45, 2.75) is 18.2 Å². The number of rotatable bonds is 4. The van der Waals surface area contributed by atoms with Crippen LogP contribution in [-0.4, -0.2) is 28.9 Å². The molecule has 2 aromatic rings. The molecule has 2 N–H and O–H groups in total. The van der Waals surface area contributed by atoms with Crippen molar-refractivity contribution in [1.82, 2.24) is 9.97 Å². The fourth-order valence-corrected chi connectivity index (χ4v) is 2.85.